The van der Waals surface area contributed by atoms with Crippen molar-refractivity contribution in [1.29, 1.82) is 0 Å². The molecule has 6 nitrogen and oxygen atoms in total. The van der Waals surface area contributed by atoms with Crippen LogP contribution < -0.4 is 4.74 Å². The number of hydrogen-bond acceptors (Lipinski definition) is 4. The van der Waals surface area contributed by atoms with Crippen LogP contribution in [0.3, 0.4) is 0 Å². The fourth-order valence-corrected chi connectivity index (χ4v) is 3.32. The van der Waals surface area contributed by atoms with E-state index in [0.717, 1.165) is 5.69 Å². The van der Waals surface area contributed by atoms with Gasteiger partial charge in [-0.2, -0.15) is 5.10 Å². The minimum absolute atomic E-state index is 0.355. The topological polar surface area (TPSA) is 64.4 Å². The second kappa shape index (κ2) is 9.59. The number of carbonyl (C=O) groups is 2. The van der Waals surface area contributed by atoms with Gasteiger partial charge in [-0.1, -0.05) is 29.8 Å². The number of amides is 1. The largest absolute Gasteiger partial charge is 0.494 e. The van der Waals surface area contributed by atoms with Crippen LogP contribution in [0.2, 0.25) is 5.02 Å². The van der Waals surface area contributed by atoms with Crippen molar-refractivity contribution >= 4 is 23.3 Å². The molecule has 0 radical (unpaired) electrons. The van der Waals surface area contributed by atoms with Crippen LogP contribution in [0.1, 0.15) is 28.2 Å². The highest BCUT2D eigenvalue weighted by Crippen LogP contribution is 2.19. The molecule has 0 saturated carbocycles. The molecule has 1 heterocycles. The zero-order valence-corrected chi connectivity index (χ0v) is 18.0. The van der Waals surface area contributed by atoms with Gasteiger partial charge in [-0.3, -0.25) is 9.59 Å². The van der Waals surface area contributed by atoms with Gasteiger partial charge >= 0.3 is 0 Å². The first-order chi connectivity index (χ1) is 14.4. The molecular formula is C23H24ClN3O3. The Morgan fingerprint density at radius 3 is 2.40 bits per heavy atom. The van der Waals surface area contributed by atoms with Gasteiger partial charge in [0.2, 0.25) is 0 Å². The van der Waals surface area contributed by atoms with Crippen molar-refractivity contribution in [1.82, 2.24) is 14.7 Å². The molecular weight excluding hydrogens is 402 g/mol. The molecule has 0 unspecified atom stereocenters. The molecule has 1 aromatic heterocycles. The third kappa shape index (κ3) is 4.89. The number of aromatic nitrogens is 2. The second-order valence-electron chi connectivity index (χ2n) is 7.00. The third-order valence-corrected chi connectivity index (χ3v) is 5.03. The van der Waals surface area contributed by atoms with E-state index in [9.17, 15) is 9.59 Å². The molecule has 1 amide bonds. The number of halogens is 1. The first-order valence-electron chi connectivity index (χ1n) is 9.68. The van der Waals surface area contributed by atoms with Crippen LogP contribution in [-0.2, 0) is 4.79 Å². The van der Waals surface area contributed by atoms with Gasteiger partial charge in [0.1, 0.15) is 5.75 Å². The number of ketones is 1. The molecule has 0 N–H and O–H groups in total. The highest BCUT2D eigenvalue weighted by molar-refractivity contribution is 6.43. The second-order valence-corrected chi connectivity index (χ2v) is 7.44. The minimum atomic E-state index is -0.555. The number of benzene rings is 2. The maximum absolute atomic E-state index is 12.9. The summed E-state index contributed by atoms with van der Waals surface area (Å²) in [5.41, 5.74) is 2.39. The Labute approximate surface area is 181 Å². The normalized spacial score (nSPS) is 10.7. The Morgan fingerprint density at radius 2 is 1.73 bits per heavy atom. The van der Waals surface area contributed by atoms with Crippen LogP contribution in [0.25, 0.3) is 5.69 Å². The summed E-state index contributed by atoms with van der Waals surface area (Å²) in [6, 6.07) is 16.6. The van der Waals surface area contributed by atoms with Crippen LogP contribution in [-0.4, -0.2) is 46.6 Å². The Balaban J connectivity index is 1.60. The number of likely N-dealkylation sites (N-methyl/N-ethyl adjacent to an activating group) is 1. The molecule has 0 fully saturated rings. The summed E-state index contributed by atoms with van der Waals surface area (Å²) >= 11 is 5.85. The fraction of sp³-hybridized carbons (Fsp3) is 0.261. The van der Waals surface area contributed by atoms with E-state index in [2.05, 4.69) is 5.10 Å². The minimum Gasteiger partial charge on any atom is -0.494 e. The molecule has 3 aromatic rings. The van der Waals surface area contributed by atoms with Crippen molar-refractivity contribution in [3.05, 3.63) is 76.6 Å². The van der Waals surface area contributed by atoms with E-state index in [1.165, 1.54) is 4.90 Å². The molecule has 0 spiro atoms. The van der Waals surface area contributed by atoms with Crippen molar-refractivity contribution in [3.8, 4) is 11.4 Å². The lowest BCUT2D eigenvalue weighted by Gasteiger charge is -2.16. The van der Waals surface area contributed by atoms with Gasteiger partial charge in [0.15, 0.2) is 0 Å². The van der Waals surface area contributed by atoms with Crippen LogP contribution >= 0.6 is 11.6 Å². The van der Waals surface area contributed by atoms with E-state index in [-0.39, 0.29) is 0 Å². The van der Waals surface area contributed by atoms with Gasteiger partial charge < -0.3 is 9.64 Å². The first-order valence-corrected chi connectivity index (χ1v) is 10.1. The molecule has 0 atom stereocenters. The molecule has 0 aliphatic heterocycles. The van der Waals surface area contributed by atoms with Crippen molar-refractivity contribution in [3.63, 3.8) is 0 Å². The number of Topliss-reactive ketones (excluding diaryl/α,β-unsaturated/α-hetero) is 1. The van der Waals surface area contributed by atoms with E-state index < -0.39 is 11.7 Å². The molecule has 156 valence electrons. The van der Waals surface area contributed by atoms with Crippen molar-refractivity contribution in [2.24, 2.45) is 0 Å². The number of para-hydroxylation sites is 1. The van der Waals surface area contributed by atoms with E-state index in [1.54, 1.807) is 49.8 Å². The van der Waals surface area contributed by atoms with Crippen molar-refractivity contribution < 1.29 is 14.3 Å². The molecule has 0 bridgehead atoms. The monoisotopic (exact) mass is 425 g/mol. The molecule has 0 aliphatic rings. The lowest BCUT2D eigenvalue weighted by Crippen LogP contribution is -2.35. The zero-order valence-electron chi connectivity index (χ0n) is 17.3. The molecule has 0 saturated heterocycles. The fourth-order valence-electron chi connectivity index (χ4n) is 3.20. The summed E-state index contributed by atoms with van der Waals surface area (Å²) < 4.78 is 7.32. The average molecular weight is 426 g/mol. The molecule has 2 aromatic carbocycles. The third-order valence-electron chi connectivity index (χ3n) is 4.78. The van der Waals surface area contributed by atoms with Crippen LogP contribution in [0.5, 0.6) is 5.75 Å². The van der Waals surface area contributed by atoms with Crippen LogP contribution in [0, 0.1) is 13.8 Å². The van der Waals surface area contributed by atoms with Crippen molar-refractivity contribution in [2.75, 3.05) is 20.2 Å². The lowest BCUT2D eigenvalue weighted by molar-refractivity contribution is -0.125. The number of aryl methyl sites for hydroxylation is 1. The quantitative estimate of drug-likeness (QED) is 0.307. The van der Waals surface area contributed by atoms with Gasteiger partial charge in [-0.15, -0.1) is 0 Å². The lowest BCUT2D eigenvalue weighted by atomic mass is 10.1. The Kier molecular flexibility index (Phi) is 6.90. The number of ether oxygens (including phenoxy) is 1. The first kappa shape index (κ1) is 21.6. The van der Waals surface area contributed by atoms with E-state index in [4.69, 9.17) is 16.3 Å². The zero-order chi connectivity index (χ0) is 21.7. The summed E-state index contributed by atoms with van der Waals surface area (Å²) in [4.78, 5) is 27.0. The van der Waals surface area contributed by atoms with E-state index >= 15 is 0 Å². The number of hydrogen-bond donors (Lipinski definition) is 0. The average Bonchev–Trinajstić information content (AvgIpc) is 3.05. The Morgan fingerprint density at radius 1 is 1.07 bits per heavy atom. The van der Waals surface area contributed by atoms with Gasteiger partial charge in [-0.05, 0) is 56.7 Å². The smallest absolute Gasteiger partial charge is 0.294 e. The van der Waals surface area contributed by atoms with Gasteiger partial charge in [0.25, 0.3) is 11.7 Å². The Hall–Kier alpha value is -3.12. The number of rotatable bonds is 8. The van der Waals surface area contributed by atoms with Crippen LogP contribution in [0.15, 0.2) is 54.6 Å². The predicted molar refractivity (Wildman–Crippen MR) is 117 cm³/mol. The molecule has 7 heteroatoms. The summed E-state index contributed by atoms with van der Waals surface area (Å²) in [7, 11) is 1.62. The highest BCUT2D eigenvalue weighted by atomic mass is 35.5. The summed E-state index contributed by atoms with van der Waals surface area (Å²) in [6.07, 6.45) is 0.597. The van der Waals surface area contributed by atoms with Crippen molar-refractivity contribution in [2.45, 2.75) is 20.3 Å². The summed E-state index contributed by atoms with van der Waals surface area (Å²) in [5.74, 6) is -0.391. The standard InChI is InChI=1S/C23H24ClN3O3/c1-16-21(17(2)27(25-16)19-8-5-4-6-9-19)22(28)23(29)26(3)14-7-15-30-20-12-10-18(24)11-13-20/h4-6,8-13H,7,14-15H2,1-3H3. The molecule has 0 aliphatic carbocycles. The number of nitrogens with zero attached hydrogens (tertiary/aromatic N) is 3. The van der Waals surface area contributed by atoms with Crippen LogP contribution in [0.4, 0.5) is 0 Å². The molecule has 3 rings (SSSR count). The maximum atomic E-state index is 12.9. The summed E-state index contributed by atoms with van der Waals surface area (Å²) in [5, 5.41) is 5.10. The summed E-state index contributed by atoms with van der Waals surface area (Å²) in [6.45, 7) is 4.38. The molecule has 30 heavy (non-hydrogen) atoms. The predicted octanol–water partition coefficient (Wildman–Crippen LogP) is 4.25. The van der Waals surface area contributed by atoms with E-state index in [1.807, 2.05) is 30.3 Å². The SMILES string of the molecule is Cc1nn(-c2ccccc2)c(C)c1C(=O)C(=O)N(C)CCCOc1ccc(Cl)cc1. The maximum Gasteiger partial charge on any atom is 0.294 e. The van der Waals surface area contributed by atoms with Gasteiger partial charge in [0, 0.05) is 18.6 Å². The van der Waals surface area contributed by atoms with E-state index in [0.29, 0.717) is 47.3 Å². The number of carbonyl (C=O) groups excluding carboxylic acids is 2. The van der Waals surface area contributed by atoms with Gasteiger partial charge in [-0.25, -0.2) is 4.68 Å². The van der Waals surface area contributed by atoms with Gasteiger partial charge in [0.05, 0.1) is 29.2 Å². The Bertz CT molecular complexity index is 1030. The highest BCUT2D eigenvalue weighted by Gasteiger charge is 2.27.